The van der Waals surface area contributed by atoms with Crippen LogP contribution in [-0.2, 0) is 0 Å². The Hall–Kier alpha value is -0.410. The first-order chi connectivity index (χ1) is 9.20. The van der Waals surface area contributed by atoms with E-state index in [0.717, 1.165) is 6.04 Å². The van der Waals surface area contributed by atoms with Crippen molar-refractivity contribution < 1.29 is 0 Å². The van der Waals surface area contributed by atoms with Gasteiger partial charge in [0.15, 0.2) is 0 Å². The van der Waals surface area contributed by atoms with Crippen molar-refractivity contribution in [3.8, 4) is 0 Å². The zero-order chi connectivity index (χ0) is 13.7. The Morgan fingerprint density at radius 2 is 2.11 bits per heavy atom. The van der Waals surface area contributed by atoms with Crippen LogP contribution >= 0.6 is 11.3 Å². The Kier molecular flexibility index (Phi) is 5.83. The van der Waals surface area contributed by atoms with Crippen LogP contribution in [0.5, 0.6) is 0 Å². The fourth-order valence-corrected chi connectivity index (χ4v) is 3.39. The number of thiazole rings is 1. The molecule has 2 nitrogen and oxygen atoms in total. The van der Waals surface area contributed by atoms with E-state index in [1.54, 1.807) is 0 Å². The van der Waals surface area contributed by atoms with E-state index in [9.17, 15) is 0 Å². The van der Waals surface area contributed by atoms with Crippen LogP contribution in [-0.4, -0.2) is 11.0 Å². The van der Waals surface area contributed by atoms with Gasteiger partial charge in [-0.25, -0.2) is 4.98 Å². The maximum atomic E-state index is 4.85. The first-order valence-electron chi connectivity index (χ1n) is 7.92. The molecule has 19 heavy (non-hydrogen) atoms. The minimum absolute atomic E-state index is 0.502. The lowest BCUT2D eigenvalue weighted by Crippen LogP contribution is -2.23. The number of hydrogen-bond donors (Lipinski definition) is 1. The van der Waals surface area contributed by atoms with E-state index in [0.29, 0.717) is 12.0 Å². The molecule has 0 bridgehead atoms. The van der Waals surface area contributed by atoms with Crippen LogP contribution in [0.25, 0.3) is 0 Å². The van der Waals surface area contributed by atoms with Crippen molar-refractivity contribution in [3.05, 3.63) is 16.1 Å². The largest absolute Gasteiger partial charge is 0.305 e. The maximum absolute atomic E-state index is 4.85. The smallest absolute Gasteiger partial charge is 0.110 e. The van der Waals surface area contributed by atoms with Gasteiger partial charge in [0.05, 0.1) is 11.7 Å². The molecule has 0 amide bonds. The molecular weight excluding hydrogens is 252 g/mol. The summed E-state index contributed by atoms with van der Waals surface area (Å²) in [5.41, 5.74) is 1.26. The van der Waals surface area contributed by atoms with E-state index in [1.165, 1.54) is 55.6 Å². The molecule has 1 fully saturated rings. The van der Waals surface area contributed by atoms with E-state index in [4.69, 9.17) is 4.98 Å². The minimum Gasteiger partial charge on any atom is -0.305 e. The molecule has 0 spiro atoms. The molecule has 1 aromatic heterocycles. The Bertz CT molecular complexity index is 369. The van der Waals surface area contributed by atoms with Crippen LogP contribution in [0.2, 0.25) is 0 Å². The molecule has 1 heterocycles. The third-order valence-electron chi connectivity index (χ3n) is 3.79. The first kappa shape index (κ1) is 15.0. The van der Waals surface area contributed by atoms with Gasteiger partial charge in [0.1, 0.15) is 5.01 Å². The molecule has 1 N–H and O–H groups in total. The average molecular weight is 280 g/mol. The highest BCUT2D eigenvalue weighted by atomic mass is 32.1. The lowest BCUT2D eigenvalue weighted by Gasteiger charge is -2.16. The summed E-state index contributed by atoms with van der Waals surface area (Å²) >= 11 is 1.85. The van der Waals surface area contributed by atoms with Crippen molar-refractivity contribution in [3.63, 3.8) is 0 Å². The molecule has 1 aliphatic rings. The highest BCUT2D eigenvalue weighted by Gasteiger charge is 2.26. The van der Waals surface area contributed by atoms with Gasteiger partial charge >= 0.3 is 0 Å². The SMILES string of the molecule is CCCCCCC(NC1CC1)c1nc(C(C)C)cs1. The Balaban J connectivity index is 1.90. The maximum Gasteiger partial charge on any atom is 0.110 e. The minimum atomic E-state index is 0.502. The molecule has 1 unspecified atom stereocenters. The highest BCUT2D eigenvalue weighted by Crippen LogP contribution is 2.30. The van der Waals surface area contributed by atoms with Gasteiger partial charge in [-0.3, -0.25) is 0 Å². The quantitative estimate of drug-likeness (QED) is 0.642. The zero-order valence-electron chi connectivity index (χ0n) is 12.6. The van der Waals surface area contributed by atoms with Crippen LogP contribution in [0.3, 0.4) is 0 Å². The lowest BCUT2D eigenvalue weighted by atomic mass is 10.1. The average Bonchev–Trinajstić information content (AvgIpc) is 3.06. The molecule has 0 saturated heterocycles. The summed E-state index contributed by atoms with van der Waals surface area (Å²) in [7, 11) is 0. The summed E-state index contributed by atoms with van der Waals surface area (Å²) in [5, 5.41) is 7.34. The third kappa shape index (κ3) is 4.88. The topological polar surface area (TPSA) is 24.9 Å². The Morgan fingerprint density at radius 3 is 2.68 bits per heavy atom. The summed E-state index contributed by atoms with van der Waals surface area (Å²) in [5.74, 6) is 0.548. The summed E-state index contributed by atoms with van der Waals surface area (Å²) in [6.45, 7) is 6.72. The normalized spacial score (nSPS) is 17.1. The second-order valence-corrected chi connectivity index (χ2v) is 7.00. The molecule has 0 radical (unpaired) electrons. The second kappa shape index (κ2) is 7.39. The predicted octanol–water partition coefficient (Wildman–Crippen LogP) is 5.03. The van der Waals surface area contributed by atoms with Gasteiger partial charge in [-0.05, 0) is 25.2 Å². The molecule has 108 valence electrons. The lowest BCUT2D eigenvalue weighted by molar-refractivity contribution is 0.465. The number of hydrogen-bond acceptors (Lipinski definition) is 3. The standard InChI is InChI=1S/C16H28N2S/c1-4-5-6-7-8-14(17-13-9-10-13)16-18-15(11-19-16)12(2)3/h11-14,17H,4-10H2,1-3H3. The van der Waals surface area contributed by atoms with Crippen LogP contribution in [0.15, 0.2) is 5.38 Å². The van der Waals surface area contributed by atoms with Gasteiger partial charge < -0.3 is 5.32 Å². The van der Waals surface area contributed by atoms with E-state index in [1.807, 2.05) is 11.3 Å². The van der Waals surface area contributed by atoms with E-state index < -0.39 is 0 Å². The van der Waals surface area contributed by atoms with Crippen LogP contribution in [0.4, 0.5) is 0 Å². The molecule has 0 aliphatic heterocycles. The van der Waals surface area contributed by atoms with E-state index in [2.05, 4.69) is 31.5 Å². The molecular formula is C16H28N2S. The number of unbranched alkanes of at least 4 members (excludes halogenated alkanes) is 3. The molecule has 1 atom stereocenters. The number of nitrogens with zero attached hydrogens (tertiary/aromatic N) is 1. The molecule has 1 aromatic rings. The van der Waals surface area contributed by atoms with E-state index in [-0.39, 0.29) is 0 Å². The van der Waals surface area contributed by atoms with Gasteiger partial charge in [0.2, 0.25) is 0 Å². The van der Waals surface area contributed by atoms with Gasteiger partial charge in [0, 0.05) is 11.4 Å². The monoisotopic (exact) mass is 280 g/mol. The molecule has 2 rings (SSSR count). The fraction of sp³-hybridized carbons (Fsp3) is 0.812. The predicted molar refractivity (Wildman–Crippen MR) is 83.9 cm³/mol. The van der Waals surface area contributed by atoms with Crippen molar-refractivity contribution in [2.75, 3.05) is 0 Å². The van der Waals surface area contributed by atoms with Crippen LogP contribution < -0.4 is 5.32 Å². The fourth-order valence-electron chi connectivity index (χ4n) is 2.31. The summed E-state index contributed by atoms with van der Waals surface area (Å²) in [6, 6.07) is 1.27. The van der Waals surface area contributed by atoms with Gasteiger partial charge in [-0.15, -0.1) is 11.3 Å². The second-order valence-electron chi connectivity index (χ2n) is 6.11. The highest BCUT2D eigenvalue weighted by molar-refractivity contribution is 7.09. The Labute approximate surface area is 122 Å². The molecule has 1 saturated carbocycles. The summed E-state index contributed by atoms with van der Waals surface area (Å²) in [6.07, 6.45) is 9.33. The molecule has 0 aromatic carbocycles. The zero-order valence-corrected chi connectivity index (χ0v) is 13.4. The summed E-state index contributed by atoms with van der Waals surface area (Å²) < 4.78 is 0. The van der Waals surface area contributed by atoms with Crippen molar-refractivity contribution in [1.29, 1.82) is 0 Å². The Morgan fingerprint density at radius 1 is 1.32 bits per heavy atom. The van der Waals surface area contributed by atoms with Crippen molar-refractivity contribution >= 4 is 11.3 Å². The summed E-state index contributed by atoms with van der Waals surface area (Å²) in [4.78, 5) is 4.85. The van der Waals surface area contributed by atoms with Crippen LogP contribution in [0, 0.1) is 0 Å². The molecule has 1 aliphatic carbocycles. The van der Waals surface area contributed by atoms with Crippen molar-refractivity contribution in [1.82, 2.24) is 10.3 Å². The molecule has 3 heteroatoms. The number of rotatable bonds is 9. The van der Waals surface area contributed by atoms with Gasteiger partial charge in [-0.1, -0.05) is 46.5 Å². The van der Waals surface area contributed by atoms with Gasteiger partial charge in [-0.2, -0.15) is 0 Å². The van der Waals surface area contributed by atoms with Crippen molar-refractivity contribution in [2.45, 2.75) is 83.7 Å². The van der Waals surface area contributed by atoms with Crippen LogP contribution in [0.1, 0.15) is 88.4 Å². The number of aromatic nitrogens is 1. The van der Waals surface area contributed by atoms with E-state index >= 15 is 0 Å². The first-order valence-corrected chi connectivity index (χ1v) is 8.80. The third-order valence-corrected chi connectivity index (χ3v) is 4.77. The van der Waals surface area contributed by atoms with Crippen molar-refractivity contribution in [2.24, 2.45) is 0 Å². The number of nitrogens with one attached hydrogen (secondary N) is 1. The van der Waals surface area contributed by atoms with Gasteiger partial charge in [0.25, 0.3) is 0 Å².